The molecule has 38 heavy (non-hydrogen) atoms. The van der Waals surface area contributed by atoms with Gasteiger partial charge >= 0.3 is 6.18 Å². The Morgan fingerprint density at radius 2 is 1.92 bits per heavy atom. The average molecular weight is 564 g/mol. The second-order valence-corrected chi connectivity index (χ2v) is 12.2. The number of rotatable bonds is 6. The van der Waals surface area contributed by atoms with Gasteiger partial charge in [0, 0.05) is 41.7 Å². The Morgan fingerprint density at radius 3 is 2.63 bits per heavy atom. The zero-order valence-corrected chi connectivity index (χ0v) is 22.0. The van der Waals surface area contributed by atoms with Crippen LogP contribution >= 0.6 is 11.3 Å². The first-order valence-corrected chi connectivity index (χ1v) is 14.4. The lowest BCUT2D eigenvalue weighted by molar-refractivity contribution is -0.142. The summed E-state index contributed by atoms with van der Waals surface area (Å²) in [7, 11) is -3.60. The quantitative estimate of drug-likeness (QED) is 0.340. The molecular formula is C25H24F3N5O3S2. The summed E-state index contributed by atoms with van der Waals surface area (Å²) >= 11 is 1.40. The fourth-order valence-corrected chi connectivity index (χ4v) is 6.90. The van der Waals surface area contributed by atoms with Crippen molar-refractivity contribution in [1.29, 1.82) is 0 Å². The van der Waals surface area contributed by atoms with E-state index in [1.54, 1.807) is 40.7 Å². The Morgan fingerprint density at radius 1 is 1.16 bits per heavy atom. The van der Waals surface area contributed by atoms with Gasteiger partial charge in [0.25, 0.3) is 0 Å². The molecule has 0 bridgehead atoms. The monoisotopic (exact) mass is 563 g/mol. The third-order valence-corrected chi connectivity index (χ3v) is 9.30. The molecule has 5 rings (SSSR count). The minimum Gasteiger partial charge on any atom is -0.341 e. The third kappa shape index (κ3) is 5.58. The van der Waals surface area contributed by atoms with E-state index >= 15 is 0 Å². The third-order valence-electron chi connectivity index (χ3n) is 6.59. The number of fused-ring (bicyclic) bond motifs is 1. The van der Waals surface area contributed by atoms with Crippen LogP contribution in [0.4, 0.5) is 13.2 Å². The lowest BCUT2D eigenvalue weighted by Crippen LogP contribution is -2.40. The van der Waals surface area contributed by atoms with E-state index in [2.05, 4.69) is 15.1 Å². The van der Waals surface area contributed by atoms with Gasteiger partial charge in [0.05, 0.1) is 26.9 Å². The Labute approximate surface area is 221 Å². The highest BCUT2D eigenvalue weighted by Gasteiger charge is 2.35. The van der Waals surface area contributed by atoms with Gasteiger partial charge in [-0.3, -0.25) is 14.5 Å². The first-order valence-electron chi connectivity index (χ1n) is 11.9. The van der Waals surface area contributed by atoms with Gasteiger partial charge in [-0.25, -0.2) is 13.4 Å². The Kier molecular flexibility index (Phi) is 6.99. The Bertz CT molecular complexity index is 1590. The number of nitrogens with zero attached hydrogens (tertiary/aromatic N) is 5. The molecule has 0 aliphatic carbocycles. The van der Waals surface area contributed by atoms with E-state index in [0.717, 1.165) is 26.7 Å². The molecule has 0 atom stereocenters. The molecule has 1 amide bonds. The molecule has 200 valence electrons. The van der Waals surface area contributed by atoms with Crippen molar-refractivity contribution in [3.63, 3.8) is 0 Å². The largest absolute Gasteiger partial charge is 0.435 e. The lowest BCUT2D eigenvalue weighted by atomic mass is 9.97. The molecule has 8 nitrogen and oxygen atoms in total. The van der Waals surface area contributed by atoms with Crippen LogP contribution in [0.5, 0.6) is 0 Å². The number of benzene rings is 1. The highest BCUT2D eigenvalue weighted by molar-refractivity contribution is 7.90. The molecule has 0 spiro atoms. The van der Waals surface area contributed by atoms with Crippen molar-refractivity contribution in [2.45, 2.75) is 49.1 Å². The predicted molar refractivity (Wildman–Crippen MR) is 135 cm³/mol. The summed E-state index contributed by atoms with van der Waals surface area (Å²) in [4.78, 5) is 23.3. The van der Waals surface area contributed by atoms with E-state index in [4.69, 9.17) is 0 Å². The molecule has 1 aliphatic rings. The van der Waals surface area contributed by atoms with Crippen LogP contribution in [0.15, 0.2) is 52.9 Å². The number of alkyl halides is 3. The highest BCUT2D eigenvalue weighted by atomic mass is 32.2. The number of carbonyl (C=O) groups excluding carboxylic acids is 1. The van der Waals surface area contributed by atoms with Gasteiger partial charge in [-0.15, -0.1) is 11.3 Å². The average Bonchev–Trinajstić information content (AvgIpc) is 3.50. The normalized spacial score (nSPS) is 15.3. The van der Waals surface area contributed by atoms with Gasteiger partial charge in [-0.05, 0) is 50.1 Å². The zero-order valence-electron chi connectivity index (χ0n) is 20.3. The highest BCUT2D eigenvalue weighted by Crippen LogP contribution is 2.32. The van der Waals surface area contributed by atoms with Gasteiger partial charge in [0.1, 0.15) is 6.54 Å². The summed E-state index contributed by atoms with van der Waals surface area (Å²) in [6.07, 6.45) is -1.64. The van der Waals surface area contributed by atoms with Gasteiger partial charge in [0.15, 0.2) is 15.5 Å². The Hall–Kier alpha value is -3.32. The number of hydrogen-bond donors (Lipinski definition) is 0. The van der Waals surface area contributed by atoms with Crippen molar-refractivity contribution in [3.05, 3.63) is 70.1 Å². The van der Waals surface area contributed by atoms with Crippen molar-refractivity contribution in [1.82, 2.24) is 24.6 Å². The number of amides is 1. The maximum Gasteiger partial charge on any atom is 0.435 e. The van der Waals surface area contributed by atoms with Crippen LogP contribution in [0, 0.1) is 6.92 Å². The minimum atomic E-state index is -4.56. The number of pyridine rings is 1. The number of aromatic nitrogens is 4. The van der Waals surface area contributed by atoms with Crippen LogP contribution in [-0.4, -0.2) is 52.1 Å². The molecule has 13 heteroatoms. The van der Waals surface area contributed by atoms with Gasteiger partial charge in [-0.2, -0.15) is 18.3 Å². The fraction of sp³-hybridized carbons (Fsp3) is 0.360. The van der Waals surface area contributed by atoms with Crippen molar-refractivity contribution in [3.8, 4) is 0 Å². The molecule has 0 radical (unpaired) electrons. The summed E-state index contributed by atoms with van der Waals surface area (Å²) in [6.45, 7) is 2.11. The van der Waals surface area contributed by atoms with Crippen LogP contribution in [0.2, 0.25) is 0 Å². The first-order chi connectivity index (χ1) is 18.0. The number of piperidine rings is 1. The summed E-state index contributed by atoms with van der Waals surface area (Å²) in [5, 5.41) is 6.86. The van der Waals surface area contributed by atoms with E-state index < -0.39 is 21.7 Å². The second kappa shape index (κ2) is 10.1. The second-order valence-electron chi connectivity index (χ2n) is 9.28. The number of aryl methyl sites for hydroxylation is 1. The van der Waals surface area contributed by atoms with Gasteiger partial charge < -0.3 is 4.90 Å². The van der Waals surface area contributed by atoms with Gasteiger partial charge in [-0.1, -0.05) is 6.07 Å². The molecule has 1 saturated heterocycles. The smallest absolute Gasteiger partial charge is 0.341 e. The summed E-state index contributed by atoms with van der Waals surface area (Å²) in [5.74, 6) is -0.425. The molecule has 4 aromatic rings. The van der Waals surface area contributed by atoms with Crippen LogP contribution in [0.1, 0.15) is 40.8 Å². The number of hydrogen-bond acceptors (Lipinski definition) is 7. The standard InChI is InChI=1S/C25H24F3N5O3S2/c1-16-11-22(25(26,27)28)31-33(16)13-23(34)32-9-6-17(7-10-32)24-30-19(14-37-24)15-38(35,36)20-4-5-21-18(12-20)3-2-8-29-21/h2-5,8,11-12,14,17H,6-7,9-10,13,15H2,1H3. The molecule has 1 aliphatic heterocycles. The molecule has 0 N–H and O–H groups in total. The van der Waals surface area contributed by atoms with E-state index in [9.17, 15) is 26.4 Å². The first kappa shape index (κ1) is 26.3. The van der Waals surface area contributed by atoms with Crippen molar-refractivity contribution < 1.29 is 26.4 Å². The SMILES string of the molecule is Cc1cc(C(F)(F)F)nn1CC(=O)N1CCC(c2nc(CS(=O)(=O)c3ccc4ncccc4c3)cs2)CC1. The molecule has 0 saturated carbocycles. The summed E-state index contributed by atoms with van der Waals surface area (Å²) in [5.41, 5.74) is 0.453. The summed E-state index contributed by atoms with van der Waals surface area (Å²) in [6, 6.07) is 9.36. The molecule has 3 aromatic heterocycles. The van der Waals surface area contributed by atoms with Crippen LogP contribution in [-0.2, 0) is 33.1 Å². The molecule has 4 heterocycles. The van der Waals surface area contributed by atoms with Crippen LogP contribution in [0.25, 0.3) is 10.9 Å². The fourth-order valence-electron chi connectivity index (χ4n) is 4.51. The van der Waals surface area contributed by atoms with Crippen LogP contribution in [0.3, 0.4) is 0 Å². The van der Waals surface area contributed by atoms with Crippen molar-refractivity contribution in [2.24, 2.45) is 0 Å². The maximum absolute atomic E-state index is 13.0. The van der Waals surface area contributed by atoms with Gasteiger partial charge in [0.2, 0.25) is 5.91 Å². The molecule has 1 fully saturated rings. The lowest BCUT2D eigenvalue weighted by Gasteiger charge is -2.31. The molecule has 1 aromatic carbocycles. The van der Waals surface area contributed by atoms with E-state index in [1.165, 1.54) is 18.3 Å². The minimum absolute atomic E-state index is 0.0792. The summed E-state index contributed by atoms with van der Waals surface area (Å²) < 4.78 is 65.8. The Balaban J connectivity index is 1.19. The van der Waals surface area contributed by atoms with E-state index in [0.29, 0.717) is 31.6 Å². The molecule has 0 unspecified atom stereocenters. The number of thiazole rings is 1. The zero-order chi connectivity index (χ0) is 27.1. The number of likely N-dealkylation sites (tertiary alicyclic amines) is 1. The number of halogens is 3. The van der Waals surface area contributed by atoms with E-state index in [-0.39, 0.29) is 34.7 Å². The number of sulfone groups is 1. The van der Waals surface area contributed by atoms with Crippen molar-refractivity contribution >= 4 is 38.0 Å². The maximum atomic E-state index is 13.0. The van der Waals surface area contributed by atoms with E-state index in [1.807, 2.05) is 6.07 Å². The predicted octanol–water partition coefficient (Wildman–Crippen LogP) is 4.60. The topological polar surface area (TPSA) is 98.0 Å². The molecular weight excluding hydrogens is 539 g/mol. The van der Waals surface area contributed by atoms with Crippen LogP contribution < -0.4 is 0 Å². The van der Waals surface area contributed by atoms with Crippen molar-refractivity contribution in [2.75, 3.05) is 13.1 Å². The number of carbonyl (C=O) groups is 1.